The lowest BCUT2D eigenvalue weighted by Crippen LogP contribution is -2.30. The van der Waals surface area contributed by atoms with Crippen LogP contribution in [0.4, 0.5) is 0 Å². The zero-order valence-electron chi connectivity index (χ0n) is 6.59. The summed E-state index contributed by atoms with van der Waals surface area (Å²) < 4.78 is 0. The van der Waals surface area contributed by atoms with Gasteiger partial charge in [0.25, 0.3) is 0 Å². The summed E-state index contributed by atoms with van der Waals surface area (Å²) in [5.41, 5.74) is 0. The Morgan fingerprint density at radius 2 is 1.80 bits per heavy atom. The van der Waals surface area contributed by atoms with Crippen LogP contribution in [0.5, 0.6) is 0 Å². The van der Waals surface area contributed by atoms with Crippen LogP contribution in [0.2, 0.25) is 0 Å². The largest absolute Gasteiger partial charge is 0.393 e. The quantitative estimate of drug-likeness (QED) is 0.544. The van der Waals surface area contributed by atoms with Gasteiger partial charge in [-0.2, -0.15) is 0 Å². The minimum Gasteiger partial charge on any atom is -0.393 e. The molecule has 2 rings (SSSR count). The first-order valence-corrected chi connectivity index (χ1v) is 4.47. The van der Waals surface area contributed by atoms with Crippen LogP contribution in [0.15, 0.2) is 0 Å². The third kappa shape index (κ3) is 0.800. The van der Waals surface area contributed by atoms with Crippen molar-refractivity contribution < 1.29 is 5.11 Å². The molecule has 58 valence electrons. The number of hydrogen-bond donors (Lipinski definition) is 1. The van der Waals surface area contributed by atoms with Gasteiger partial charge in [-0.1, -0.05) is 6.92 Å². The number of aliphatic hydroxyl groups is 1. The molecule has 2 aliphatic carbocycles. The first-order chi connectivity index (χ1) is 4.79. The highest BCUT2D eigenvalue weighted by atomic mass is 16.3. The number of aliphatic hydroxyl groups excluding tert-OH is 1. The smallest absolute Gasteiger partial charge is 0.0599 e. The van der Waals surface area contributed by atoms with E-state index in [1.165, 1.54) is 25.7 Å². The molecule has 1 nitrogen and oxygen atoms in total. The van der Waals surface area contributed by atoms with Gasteiger partial charge < -0.3 is 5.11 Å². The topological polar surface area (TPSA) is 20.2 Å². The third-order valence-corrected chi connectivity index (χ3v) is 3.52. The average Bonchev–Trinajstić information content (AvgIpc) is 2.13. The van der Waals surface area contributed by atoms with Crippen molar-refractivity contribution in [2.24, 2.45) is 17.8 Å². The summed E-state index contributed by atoms with van der Waals surface area (Å²) >= 11 is 0. The van der Waals surface area contributed by atoms with Crippen molar-refractivity contribution in [1.29, 1.82) is 0 Å². The fraction of sp³-hybridized carbons (Fsp3) is 1.00. The Hall–Kier alpha value is -0.0400. The Bertz CT molecular complexity index is 133. The summed E-state index contributed by atoms with van der Waals surface area (Å²) in [5.74, 6) is 2.11. The van der Waals surface area contributed by atoms with E-state index in [1.54, 1.807) is 0 Å². The van der Waals surface area contributed by atoms with E-state index in [0.717, 1.165) is 5.92 Å². The zero-order valence-corrected chi connectivity index (χ0v) is 6.59. The molecule has 0 spiro atoms. The van der Waals surface area contributed by atoms with Gasteiger partial charge in [-0.15, -0.1) is 0 Å². The highest BCUT2D eigenvalue weighted by Crippen LogP contribution is 2.45. The van der Waals surface area contributed by atoms with Crippen LogP contribution in [0, 0.1) is 17.8 Å². The molecule has 1 heteroatoms. The Kier molecular flexibility index (Phi) is 1.48. The molecule has 0 aliphatic heterocycles. The monoisotopic (exact) mass is 140 g/mol. The number of hydrogen-bond acceptors (Lipinski definition) is 1. The molecule has 4 atom stereocenters. The maximum absolute atomic E-state index is 9.68. The molecule has 0 amide bonds. The lowest BCUT2D eigenvalue weighted by Gasteiger charge is -2.30. The van der Waals surface area contributed by atoms with Gasteiger partial charge in [-0.25, -0.2) is 0 Å². The number of fused-ring (bicyclic) bond motifs is 2. The van der Waals surface area contributed by atoms with Gasteiger partial charge in [-0.3, -0.25) is 0 Å². The second-order valence-corrected chi connectivity index (χ2v) is 4.05. The fourth-order valence-corrected chi connectivity index (χ4v) is 2.72. The molecule has 1 N–H and O–H groups in total. The lowest BCUT2D eigenvalue weighted by atomic mass is 9.79. The van der Waals surface area contributed by atoms with E-state index in [4.69, 9.17) is 0 Å². The highest BCUT2D eigenvalue weighted by molar-refractivity contribution is 4.91. The summed E-state index contributed by atoms with van der Waals surface area (Å²) in [6, 6.07) is 0. The summed E-state index contributed by atoms with van der Waals surface area (Å²) in [5, 5.41) is 9.68. The second kappa shape index (κ2) is 2.23. The average molecular weight is 140 g/mol. The zero-order chi connectivity index (χ0) is 7.14. The molecule has 0 radical (unpaired) electrons. The third-order valence-electron chi connectivity index (χ3n) is 3.52. The minimum absolute atomic E-state index is 0.0590. The molecule has 0 heterocycles. The van der Waals surface area contributed by atoms with Crippen molar-refractivity contribution >= 4 is 0 Å². The van der Waals surface area contributed by atoms with Gasteiger partial charge in [0, 0.05) is 0 Å². The molecule has 2 bridgehead atoms. The van der Waals surface area contributed by atoms with Crippen molar-refractivity contribution in [3.05, 3.63) is 0 Å². The van der Waals surface area contributed by atoms with Gasteiger partial charge >= 0.3 is 0 Å². The molecule has 0 aromatic carbocycles. The Balaban J connectivity index is 2.13. The fourth-order valence-electron chi connectivity index (χ4n) is 2.72. The van der Waals surface area contributed by atoms with Crippen molar-refractivity contribution in [2.75, 3.05) is 0 Å². The van der Waals surface area contributed by atoms with E-state index >= 15 is 0 Å². The van der Waals surface area contributed by atoms with E-state index in [9.17, 15) is 5.11 Å². The molecular formula is C9H16O. The molecule has 2 aliphatic rings. The van der Waals surface area contributed by atoms with Gasteiger partial charge in [0.1, 0.15) is 0 Å². The van der Waals surface area contributed by atoms with E-state index in [2.05, 4.69) is 6.92 Å². The normalized spacial score (nSPS) is 53.4. The molecule has 2 fully saturated rings. The lowest BCUT2D eigenvalue weighted by molar-refractivity contribution is 0.0333. The Morgan fingerprint density at radius 1 is 1.10 bits per heavy atom. The van der Waals surface area contributed by atoms with Gasteiger partial charge in [0.05, 0.1) is 6.10 Å². The summed E-state index contributed by atoms with van der Waals surface area (Å²) in [7, 11) is 0. The molecule has 0 unspecified atom stereocenters. The van der Waals surface area contributed by atoms with Crippen molar-refractivity contribution in [3.63, 3.8) is 0 Å². The SMILES string of the molecule is C[C@H]1CC[C@@H]2CC[C@H]1[C@H]2O. The number of rotatable bonds is 0. The van der Waals surface area contributed by atoms with Crippen LogP contribution in [0.1, 0.15) is 32.6 Å². The van der Waals surface area contributed by atoms with E-state index in [1.807, 2.05) is 0 Å². The van der Waals surface area contributed by atoms with Gasteiger partial charge in [0.2, 0.25) is 0 Å². The predicted octanol–water partition coefficient (Wildman–Crippen LogP) is 1.80. The predicted molar refractivity (Wildman–Crippen MR) is 40.6 cm³/mol. The minimum atomic E-state index is 0.0590. The van der Waals surface area contributed by atoms with Crippen molar-refractivity contribution in [2.45, 2.75) is 38.7 Å². The molecular weight excluding hydrogens is 124 g/mol. The second-order valence-electron chi connectivity index (χ2n) is 4.05. The van der Waals surface area contributed by atoms with Gasteiger partial charge in [0.15, 0.2) is 0 Å². The molecule has 10 heavy (non-hydrogen) atoms. The maximum atomic E-state index is 9.68. The molecule has 0 aromatic rings. The molecule has 0 aromatic heterocycles. The Morgan fingerprint density at radius 3 is 2.50 bits per heavy atom. The standard InChI is InChI=1S/C9H16O/c1-6-2-3-7-4-5-8(6)9(7)10/h6-10H,2-5H2,1H3/t6-,7+,8+,9-/m0/s1. The van der Waals surface area contributed by atoms with Crippen LogP contribution in [0.3, 0.4) is 0 Å². The molecule has 2 saturated carbocycles. The summed E-state index contributed by atoms with van der Waals surface area (Å²) in [6.07, 6.45) is 5.26. The van der Waals surface area contributed by atoms with Crippen LogP contribution >= 0.6 is 0 Å². The van der Waals surface area contributed by atoms with E-state index in [0.29, 0.717) is 11.8 Å². The molecule has 0 saturated heterocycles. The maximum Gasteiger partial charge on any atom is 0.0599 e. The Labute approximate surface area is 62.4 Å². The van der Waals surface area contributed by atoms with Crippen LogP contribution in [0.25, 0.3) is 0 Å². The van der Waals surface area contributed by atoms with Gasteiger partial charge in [-0.05, 0) is 43.4 Å². The van der Waals surface area contributed by atoms with Crippen molar-refractivity contribution in [1.82, 2.24) is 0 Å². The first kappa shape index (κ1) is 6.66. The van der Waals surface area contributed by atoms with Crippen LogP contribution < -0.4 is 0 Å². The highest BCUT2D eigenvalue weighted by Gasteiger charge is 2.41. The van der Waals surface area contributed by atoms with Crippen molar-refractivity contribution in [3.8, 4) is 0 Å². The van der Waals surface area contributed by atoms with E-state index < -0.39 is 0 Å². The summed E-state index contributed by atoms with van der Waals surface area (Å²) in [4.78, 5) is 0. The first-order valence-electron chi connectivity index (χ1n) is 4.47. The van der Waals surface area contributed by atoms with Crippen LogP contribution in [-0.4, -0.2) is 11.2 Å². The van der Waals surface area contributed by atoms with Crippen LogP contribution in [-0.2, 0) is 0 Å². The summed E-state index contributed by atoms with van der Waals surface area (Å²) in [6.45, 7) is 2.29. The van der Waals surface area contributed by atoms with E-state index in [-0.39, 0.29) is 6.10 Å².